The van der Waals surface area contributed by atoms with Crippen molar-refractivity contribution in [3.63, 3.8) is 0 Å². The molecule has 0 spiro atoms. The number of carbonyl (C=O) groups is 1. The maximum Gasteiger partial charge on any atom is 0.156 e. The van der Waals surface area contributed by atoms with Gasteiger partial charge in [-0.15, -0.1) is 0 Å². The summed E-state index contributed by atoms with van der Waals surface area (Å²) in [7, 11) is 0. The van der Waals surface area contributed by atoms with Crippen LogP contribution in [0.5, 0.6) is 0 Å². The minimum absolute atomic E-state index is 0.203. The Bertz CT molecular complexity index is 584. The molecule has 1 heteroatoms. The lowest BCUT2D eigenvalue weighted by Gasteiger charge is -2.15. The molecular weight excluding hydrogens is 268 g/mol. The molecular formula is C21H24O. The fraction of sp³-hybridized carbons (Fsp3) is 0.286. The maximum absolute atomic E-state index is 12.3. The van der Waals surface area contributed by atoms with Gasteiger partial charge >= 0.3 is 0 Å². The third kappa shape index (κ3) is 5.33. The number of ketones is 1. The standard InChI is InChI=1S/C21H24O/c1-2-3-12-20(19-13-8-5-9-14-19)17-21(22)16-15-18-10-6-4-7-11-18/h4-11,13-16,20H,2-3,12,17H2,1H3/b16-15+/t20-/m0/s1. The van der Waals surface area contributed by atoms with E-state index >= 15 is 0 Å². The van der Waals surface area contributed by atoms with E-state index in [1.807, 2.05) is 42.5 Å². The molecule has 0 aliphatic carbocycles. The van der Waals surface area contributed by atoms with Crippen LogP contribution in [0.25, 0.3) is 6.08 Å². The Hall–Kier alpha value is -2.15. The fourth-order valence-electron chi connectivity index (χ4n) is 2.63. The van der Waals surface area contributed by atoms with Gasteiger partial charge in [0.25, 0.3) is 0 Å². The van der Waals surface area contributed by atoms with Crippen molar-refractivity contribution < 1.29 is 4.79 Å². The van der Waals surface area contributed by atoms with Crippen molar-refractivity contribution >= 4 is 11.9 Å². The van der Waals surface area contributed by atoms with E-state index in [1.165, 1.54) is 5.56 Å². The first-order valence-electron chi connectivity index (χ1n) is 8.10. The highest BCUT2D eigenvalue weighted by Crippen LogP contribution is 2.26. The third-order valence-corrected chi connectivity index (χ3v) is 3.89. The van der Waals surface area contributed by atoms with Gasteiger partial charge in [0.1, 0.15) is 0 Å². The quantitative estimate of drug-likeness (QED) is 0.576. The molecule has 2 aromatic rings. The molecule has 0 unspecified atom stereocenters. The number of hydrogen-bond acceptors (Lipinski definition) is 1. The number of benzene rings is 2. The molecule has 0 bridgehead atoms. The lowest BCUT2D eigenvalue weighted by atomic mass is 9.89. The van der Waals surface area contributed by atoms with E-state index in [2.05, 4.69) is 31.2 Å². The van der Waals surface area contributed by atoms with E-state index in [9.17, 15) is 4.79 Å². The van der Waals surface area contributed by atoms with Gasteiger partial charge in [-0.2, -0.15) is 0 Å². The van der Waals surface area contributed by atoms with Gasteiger partial charge in [0.15, 0.2) is 5.78 Å². The Kier molecular flexibility index (Phi) is 6.63. The van der Waals surface area contributed by atoms with E-state index < -0.39 is 0 Å². The molecule has 2 rings (SSSR count). The summed E-state index contributed by atoms with van der Waals surface area (Å²) >= 11 is 0. The Labute approximate surface area is 133 Å². The number of carbonyl (C=O) groups excluding carboxylic acids is 1. The van der Waals surface area contributed by atoms with Gasteiger partial charge in [-0.3, -0.25) is 4.79 Å². The van der Waals surface area contributed by atoms with Gasteiger partial charge in [-0.1, -0.05) is 86.5 Å². The van der Waals surface area contributed by atoms with Crippen LogP contribution in [0.3, 0.4) is 0 Å². The normalized spacial score (nSPS) is 12.4. The maximum atomic E-state index is 12.3. The van der Waals surface area contributed by atoms with Gasteiger partial charge < -0.3 is 0 Å². The number of hydrogen-bond donors (Lipinski definition) is 0. The summed E-state index contributed by atoms with van der Waals surface area (Å²) < 4.78 is 0. The second-order valence-electron chi connectivity index (χ2n) is 5.66. The van der Waals surface area contributed by atoms with Crippen LogP contribution in [-0.4, -0.2) is 5.78 Å². The summed E-state index contributed by atoms with van der Waals surface area (Å²) in [5.74, 6) is 0.530. The zero-order valence-electron chi connectivity index (χ0n) is 13.2. The van der Waals surface area contributed by atoms with Crippen LogP contribution in [0.2, 0.25) is 0 Å². The first-order valence-corrected chi connectivity index (χ1v) is 8.10. The summed E-state index contributed by atoms with van der Waals surface area (Å²) in [6.07, 6.45) is 7.62. The number of rotatable bonds is 8. The van der Waals surface area contributed by atoms with Crippen molar-refractivity contribution in [2.75, 3.05) is 0 Å². The molecule has 1 nitrogen and oxygen atoms in total. The Morgan fingerprint density at radius 2 is 1.64 bits per heavy atom. The van der Waals surface area contributed by atoms with Crippen LogP contribution < -0.4 is 0 Å². The molecule has 22 heavy (non-hydrogen) atoms. The van der Waals surface area contributed by atoms with Crippen molar-refractivity contribution in [3.05, 3.63) is 77.9 Å². The molecule has 0 aromatic heterocycles. The number of allylic oxidation sites excluding steroid dienone is 1. The summed E-state index contributed by atoms with van der Waals surface area (Å²) in [4.78, 5) is 12.3. The lowest BCUT2D eigenvalue weighted by Crippen LogP contribution is -2.05. The molecule has 0 saturated carbocycles. The summed E-state index contributed by atoms with van der Waals surface area (Å²) in [6.45, 7) is 2.19. The van der Waals surface area contributed by atoms with E-state index in [-0.39, 0.29) is 5.78 Å². The van der Waals surface area contributed by atoms with Crippen LogP contribution in [0.15, 0.2) is 66.7 Å². The van der Waals surface area contributed by atoms with Gasteiger partial charge in [0.05, 0.1) is 0 Å². The van der Waals surface area contributed by atoms with Crippen LogP contribution in [-0.2, 0) is 4.79 Å². The van der Waals surface area contributed by atoms with Crippen LogP contribution >= 0.6 is 0 Å². The van der Waals surface area contributed by atoms with Crippen LogP contribution in [0.1, 0.15) is 49.7 Å². The smallest absolute Gasteiger partial charge is 0.156 e. The molecule has 0 saturated heterocycles. The molecule has 0 N–H and O–H groups in total. The Balaban J connectivity index is 2.00. The third-order valence-electron chi connectivity index (χ3n) is 3.89. The summed E-state index contributed by atoms with van der Waals surface area (Å²) in [6, 6.07) is 20.4. The van der Waals surface area contributed by atoms with Crippen LogP contribution in [0, 0.1) is 0 Å². The monoisotopic (exact) mass is 292 g/mol. The van der Waals surface area contributed by atoms with Gasteiger partial charge in [0.2, 0.25) is 0 Å². The molecule has 0 heterocycles. The van der Waals surface area contributed by atoms with Crippen molar-refractivity contribution in [1.29, 1.82) is 0 Å². The average molecular weight is 292 g/mol. The topological polar surface area (TPSA) is 17.1 Å². The zero-order valence-corrected chi connectivity index (χ0v) is 13.2. The molecule has 0 radical (unpaired) electrons. The molecule has 0 aliphatic rings. The second kappa shape index (κ2) is 8.99. The molecule has 0 aliphatic heterocycles. The van der Waals surface area contributed by atoms with Crippen molar-refractivity contribution in [1.82, 2.24) is 0 Å². The predicted molar refractivity (Wildman–Crippen MR) is 93.8 cm³/mol. The van der Waals surface area contributed by atoms with Crippen molar-refractivity contribution in [2.45, 2.75) is 38.5 Å². The molecule has 0 fully saturated rings. The fourth-order valence-corrected chi connectivity index (χ4v) is 2.63. The Morgan fingerprint density at radius 3 is 2.27 bits per heavy atom. The van der Waals surface area contributed by atoms with E-state index in [0.29, 0.717) is 12.3 Å². The first kappa shape index (κ1) is 16.2. The molecule has 1 atom stereocenters. The first-order chi connectivity index (χ1) is 10.8. The summed E-state index contributed by atoms with van der Waals surface area (Å²) in [5.41, 5.74) is 2.35. The minimum Gasteiger partial charge on any atom is -0.295 e. The summed E-state index contributed by atoms with van der Waals surface area (Å²) in [5, 5.41) is 0. The second-order valence-corrected chi connectivity index (χ2v) is 5.66. The van der Waals surface area contributed by atoms with E-state index in [4.69, 9.17) is 0 Å². The predicted octanol–water partition coefficient (Wildman–Crippen LogP) is 5.63. The van der Waals surface area contributed by atoms with Gasteiger partial charge in [0, 0.05) is 6.42 Å². The molecule has 2 aromatic carbocycles. The van der Waals surface area contributed by atoms with Gasteiger partial charge in [-0.05, 0) is 29.5 Å². The van der Waals surface area contributed by atoms with Crippen molar-refractivity contribution in [2.24, 2.45) is 0 Å². The average Bonchev–Trinajstić information content (AvgIpc) is 2.58. The largest absolute Gasteiger partial charge is 0.295 e. The number of unbranched alkanes of at least 4 members (excludes halogenated alkanes) is 1. The Morgan fingerprint density at radius 1 is 1.00 bits per heavy atom. The molecule has 0 amide bonds. The molecule has 114 valence electrons. The van der Waals surface area contributed by atoms with E-state index in [1.54, 1.807) is 6.08 Å². The van der Waals surface area contributed by atoms with Gasteiger partial charge in [-0.25, -0.2) is 0 Å². The van der Waals surface area contributed by atoms with Crippen molar-refractivity contribution in [3.8, 4) is 0 Å². The highest BCUT2D eigenvalue weighted by atomic mass is 16.1. The minimum atomic E-state index is 0.203. The lowest BCUT2D eigenvalue weighted by molar-refractivity contribution is -0.114. The highest BCUT2D eigenvalue weighted by Gasteiger charge is 2.13. The SMILES string of the molecule is CCCC[C@@H](CC(=O)/C=C/c1ccccc1)c1ccccc1. The zero-order chi connectivity index (χ0) is 15.6. The van der Waals surface area contributed by atoms with Crippen LogP contribution in [0.4, 0.5) is 0 Å². The van der Waals surface area contributed by atoms with E-state index in [0.717, 1.165) is 24.8 Å². The highest BCUT2D eigenvalue weighted by molar-refractivity contribution is 5.94.